The Labute approximate surface area is 161 Å². The Morgan fingerprint density at radius 2 is 1.85 bits per heavy atom. The molecule has 1 heterocycles. The zero-order valence-electron chi connectivity index (χ0n) is 14.3. The van der Waals surface area contributed by atoms with Crippen LogP contribution in [0.5, 0.6) is 11.6 Å². The summed E-state index contributed by atoms with van der Waals surface area (Å²) in [6, 6.07) is 16.3. The molecule has 138 valence electrons. The molecule has 7 heteroatoms. The van der Waals surface area contributed by atoms with Crippen molar-refractivity contribution in [2.75, 3.05) is 0 Å². The number of benzene rings is 2. The van der Waals surface area contributed by atoms with Crippen LogP contribution in [-0.2, 0) is 13.1 Å². The minimum Gasteiger partial charge on any atom is -0.439 e. The number of hydrogen-bond donors (Lipinski definition) is 2. The maximum atomic E-state index is 13.1. The monoisotopic (exact) mass is 385 g/mol. The van der Waals surface area contributed by atoms with Crippen LogP contribution in [0.25, 0.3) is 0 Å². The van der Waals surface area contributed by atoms with Gasteiger partial charge in [-0.25, -0.2) is 14.2 Å². The molecule has 0 aliphatic rings. The fraction of sp³-hybridized carbons (Fsp3) is 0.100. The van der Waals surface area contributed by atoms with E-state index in [0.717, 1.165) is 11.1 Å². The van der Waals surface area contributed by atoms with Gasteiger partial charge < -0.3 is 15.4 Å². The van der Waals surface area contributed by atoms with Crippen LogP contribution >= 0.6 is 11.6 Å². The molecule has 0 atom stereocenters. The van der Waals surface area contributed by atoms with E-state index in [-0.39, 0.29) is 11.8 Å². The number of rotatable bonds is 6. The Morgan fingerprint density at radius 3 is 2.59 bits per heavy atom. The van der Waals surface area contributed by atoms with Crippen LogP contribution in [0, 0.1) is 5.82 Å². The van der Waals surface area contributed by atoms with Crippen molar-refractivity contribution >= 4 is 17.6 Å². The van der Waals surface area contributed by atoms with Crippen molar-refractivity contribution in [2.45, 2.75) is 13.1 Å². The smallest absolute Gasteiger partial charge is 0.315 e. The zero-order valence-corrected chi connectivity index (χ0v) is 15.0. The van der Waals surface area contributed by atoms with E-state index in [4.69, 9.17) is 16.3 Å². The van der Waals surface area contributed by atoms with Gasteiger partial charge in [-0.05, 0) is 29.3 Å². The van der Waals surface area contributed by atoms with Gasteiger partial charge in [-0.3, -0.25) is 0 Å². The molecule has 2 aromatic carbocycles. The van der Waals surface area contributed by atoms with Gasteiger partial charge in [0, 0.05) is 36.4 Å². The van der Waals surface area contributed by atoms with Gasteiger partial charge in [-0.1, -0.05) is 41.9 Å². The lowest BCUT2D eigenvalue weighted by Gasteiger charge is -2.09. The van der Waals surface area contributed by atoms with E-state index in [2.05, 4.69) is 15.6 Å². The average Bonchev–Trinajstić information content (AvgIpc) is 2.67. The van der Waals surface area contributed by atoms with Crippen molar-refractivity contribution in [3.05, 3.63) is 88.8 Å². The van der Waals surface area contributed by atoms with E-state index in [9.17, 15) is 9.18 Å². The predicted molar refractivity (Wildman–Crippen MR) is 101 cm³/mol. The number of amides is 2. The average molecular weight is 386 g/mol. The Bertz CT molecular complexity index is 919. The largest absolute Gasteiger partial charge is 0.439 e. The first-order valence-corrected chi connectivity index (χ1v) is 8.61. The lowest BCUT2D eigenvalue weighted by Crippen LogP contribution is -2.34. The molecule has 3 aromatic rings. The molecule has 0 radical (unpaired) electrons. The lowest BCUT2D eigenvalue weighted by molar-refractivity contribution is 0.240. The van der Waals surface area contributed by atoms with Crippen molar-refractivity contribution in [1.82, 2.24) is 15.6 Å². The molecule has 0 aliphatic carbocycles. The summed E-state index contributed by atoms with van der Waals surface area (Å²) in [4.78, 5) is 16.0. The minimum atomic E-state index is -0.379. The summed E-state index contributed by atoms with van der Waals surface area (Å²) in [6.07, 6.45) is 1.59. The van der Waals surface area contributed by atoms with Gasteiger partial charge in [0.15, 0.2) is 0 Å². The second kappa shape index (κ2) is 9.00. The van der Waals surface area contributed by atoms with Crippen molar-refractivity contribution < 1.29 is 13.9 Å². The molecule has 0 bridgehead atoms. The second-order valence-corrected chi connectivity index (χ2v) is 6.10. The van der Waals surface area contributed by atoms with Crippen molar-refractivity contribution in [2.24, 2.45) is 0 Å². The van der Waals surface area contributed by atoms with Gasteiger partial charge in [0.05, 0.1) is 0 Å². The molecule has 2 amide bonds. The third kappa shape index (κ3) is 5.69. The number of ether oxygens (including phenoxy) is 1. The van der Waals surface area contributed by atoms with Gasteiger partial charge >= 0.3 is 6.03 Å². The quantitative estimate of drug-likeness (QED) is 0.648. The van der Waals surface area contributed by atoms with Crippen LogP contribution in [0.2, 0.25) is 5.02 Å². The number of hydrogen-bond acceptors (Lipinski definition) is 3. The van der Waals surface area contributed by atoms with Gasteiger partial charge in [0.1, 0.15) is 11.6 Å². The number of aromatic nitrogens is 1. The first-order chi connectivity index (χ1) is 13.1. The molecular formula is C20H17ClFN3O2. The van der Waals surface area contributed by atoms with Crippen LogP contribution in [0.15, 0.2) is 66.9 Å². The van der Waals surface area contributed by atoms with Crippen molar-refractivity contribution in [3.63, 3.8) is 0 Å². The first-order valence-electron chi connectivity index (χ1n) is 8.23. The number of pyridine rings is 1. The highest BCUT2D eigenvalue weighted by Crippen LogP contribution is 2.20. The third-order valence-electron chi connectivity index (χ3n) is 3.67. The van der Waals surface area contributed by atoms with E-state index >= 15 is 0 Å². The summed E-state index contributed by atoms with van der Waals surface area (Å²) in [5.74, 6) is 0.330. The van der Waals surface area contributed by atoms with Crippen LogP contribution < -0.4 is 15.4 Å². The normalized spacial score (nSPS) is 10.3. The fourth-order valence-corrected chi connectivity index (χ4v) is 2.49. The molecule has 2 N–H and O–H groups in total. The number of nitrogens with one attached hydrogen (secondary N) is 2. The molecule has 5 nitrogen and oxygen atoms in total. The molecule has 0 fully saturated rings. The molecule has 0 unspecified atom stereocenters. The van der Waals surface area contributed by atoms with E-state index in [1.807, 2.05) is 18.2 Å². The lowest BCUT2D eigenvalue weighted by atomic mass is 10.2. The predicted octanol–water partition coefficient (Wildman–Crippen LogP) is 4.67. The van der Waals surface area contributed by atoms with Crippen molar-refractivity contribution in [3.8, 4) is 11.6 Å². The summed E-state index contributed by atoms with van der Waals surface area (Å²) >= 11 is 6.05. The molecule has 0 spiro atoms. The molecule has 1 aromatic heterocycles. The molecular weight excluding hydrogens is 369 g/mol. The van der Waals surface area contributed by atoms with Crippen molar-refractivity contribution in [1.29, 1.82) is 0 Å². The Hall–Kier alpha value is -3.12. The van der Waals surface area contributed by atoms with Crippen LogP contribution in [0.3, 0.4) is 0 Å². The maximum Gasteiger partial charge on any atom is 0.315 e. The fourth-order valence-electron chi connectivity index (χ4n) is 2.29. The highest BCUT2D eigenvalue weighted by Gasteiger charge is 2.05. The van der Waals surface area contributed by atoms with E-state index in [1.54, 1.807) is 36.5 Å². The second-order valence-electron chi connectivity index (χ2n) is 5.69. The number of nitrogens with zero attached hydrogens (tertiary/aromatic N) is 1. The zero-order chi connectivity index (χ0) is 19.1. The Morgan fingerprint density at radius 1 is 1.04 bits per heavy atom. The number of halogens is 2. The molecule has 0 aliphatic heterocycles. The number of carbonyl (C=O) groups is 1. The molecule has 27 heavy (non-hydrogen) atoms. The minimum absolute atomic E-state index is 0.307. The Kier molecular flexibility index (Phi) is 6.22. The summed E-state index contributed by atoms with van der Waals surface area (Å²) < 4.78 is 18.6. The van der Waals surface area contributed by atoms with Crippen LogP contribution in [-0.4, -0.2) is 11.0 Å². The van der Waals surface area contributed by atoms with Crippen LogP contribution in [0.1, 0.15) is 11.1 Å². The topological polar surface area (TPSA) is 63.2 Å². The van der Waals surface area contributed by atoms with E-state index < -0.39 is 0 Å². The van der Waals surface area contributed by atoms with Gasteiger partial charge in [-0.2, -0.15) is 0 Å². The number of carbonyl (C=O) groups excluding carboxylic acids is 1. The summed E-state index contributed by atoms with van der Waals surface area (Å²) in [5, 5.41) is 6.09. The molecule has 3 rings (SSSR count). The molecule has 0 saturated heterocycles. The van der Waals surface area contributed by atoms with E-state index in [1.165, 1.54) is 12.1 Å². The van der Waals surface area contributed by atoms with Gasteiger partial charge in [0.2, 0.25) is 5.88 Å². The Balaban J connectivity index is 1.47. The summed E-state index contributed by atoms with van der Waals surface area (Å²) in [6.45, 7) is 0.645. The SMILES string of the molecule is O=C(NCc1ccc(Oc2cccc(F)c2)nc1)NCc1ccccc1Cl. The highest BCUT2D eigenvalue weighted by atomic mass is 35.5. The summed E-state index contributed by atoms with van der Waals surface area (Å²) in [5.41, 5.74) is 1.64. The first kappa shape index (κ1) is 18.7. The van der Waals surface area contributed by atoms with Gasteiger partial charge in [-0.15, -0.1) is 0 Å². The molecule has 0 saturated carbocycles. The van der Waals surface area contributed by atoms with Gasteiger partial charge in [0.25, 0.3) is 0 Å². The summed E-state index contributed by atoms with van der Waals surface area (Å²) in [7, 11) is 0. The highest BCUT2D eigenvalue weighted by molar-refractivity contribution is 6.31. The third-order valence-corrected chi connectivity index (χ3v) is 4.04. The maximum absolute atomic E-state index is 13.1. The number of urea groups is 1. The standard InChI is InChI=1S/C20H17ClFN3O2/c21-18-7-2-1-4-15(18)13-25-20(26)24-12-14-8-9-19(23-11-14)27-17-6-3-5-16(22)10-17/h1-11H,12-13H2,(H2,24,25,26). The van der Waals surface area contributed by atoms with Crippen LogP contribution in [0.4, 0.5) is 9.18 Å². The van der Waals surface area contributed by atoms with E-state index in [0.29, 0.717) is 29.7 Å².